The van der Waals surface area contributed by atoms with Crippen molar-refractivity contribution in [2.45, 2.75) is 12.5 Å². The molecule has 2 rings (SSSR count). The van der Waals surface area contributed by atoms with Gasteiger partial charge in [-0.15, -0.1) is 0 Å². The highest BCUT2D eigenvalue weighted by atomic mass is 16.6. The van der Waals surface area contributed by atoms with Gasteiger partial charge in [0.1, 0.15) is 19.2 Å². The normalized spacial score (nSPS) is 19.6. The van der Waals surface area contributed by atoms with Crippen LogP contribution in [0.15, 0.2) is 29.4 Å². The topological polar surface area (TPSA) is 120 Å². The van der Waals surface area contributed by atoms with E-state index in [9.17, 15) is 14.7 Å². The molecule has 112 valence electrons. The van der Waals surface area contributed by atoms with E-state index < -0.39 is 18.0 Å². The SMILES string of the molecule is CO/N=C1\CC(C(=O)Nc2ccccc2N)N(C(=O)[O-])C1. The van der Waals surface area contributed by atoms with Crippen LogP contribution in [0.25, 0.3) is 0 Å². The maximum atomic E-state index is 12.2. The van der Waals surface area contributed by atoms with Crippen molar-refractivity contribution in [3.05, 3.63) is 24.3 Å². The van der Waals surface area contributed by atoms with E-state index >= 15 is 0 Å². The molecular weight excluding hydrogens is 276 g/mol. The number of likely N-dealkylation sites (tertiary alicyclic amines) is 1. The van der Waals surface area contributed by atoms with Crippen LogP contribution in [0.5, 0.6) is 0 Å². The number of anilines is 2. The molecule has 1 fully saturated rings. The van der Waals surface area contributed by atoms with Crippen molar-refractivity contribution >= 4 is 29.1 Å². The van der Waals surface area contributed by atoms with Crippen molar-refractivity contribution in [2.75, 3.05) is 24.7 Å². The number of rotatable bonds is 3. The van der Waals surface area contributed by atoms with E-state index in [4.69, 9.17) is 5.73 Å². The Morgan fingerprint density at radius 3 is 2.81 bits per heavy atom. The summed E-state index contributed by atoms with van der Waals surface area (Å²) >= 11 is 0. The summed E-state index contributed by atoms with van der Waals surface area (Å²) in [6.45, 7) is -0.0153. The van der Waals surface area contributed by atoms with Gasteiger partial charge in [-0.25, -0.2) is 0 Å². The van der Waals surface area contributed by atoms with Crippen LogP contribution in [-0.4, -0.2) is 42.3 Å². The van der Waals surface area contributed by atoms with Gasteiger partial charge >= 0.3 is 0 Å². The number of amides is 2. The molecule has 2 amide bonds. The van der Waals surface area contributed by atoms with Crippen LogP contribution in [0.3, 0.4) is 0 Å². The molecule has 0 radical (unpaired) electrons. The molecule has 1 unspecified atom stereocenters. The molecule has 1 aromatic rings. The van der Waals surface area contributed by atoms with Gasteiger partial charge in [-0.05, 0) is 12.1 Å². The lowest BCUT2D eigenvalue weighted by atomic mass is 10.2. The monoisotopic (exact) mass is 291 g/mol. The van der Waals surface area contributed by atoms with Gasteiger partial charge in [0, 0.05) is 6.42 Å². The second kappa shape index (κ2) is 6.12. The molecule has 3 N–H and O–H groups in total. The number of oxime groups is 1. The molecule has 8 nitrogen and oxygen atoms in total. The molecular formula is C13H15N4O4-. The van der Waals surface area contributed by atoms with Crippen LogP contribution in [0.4, 0.5) is 16.2 Å². The Bertz CT molecular complexity index is 587. The fourth-order valence-electron chi connectivity index (χ4n) is 2.15. The van der Waals surface area contributed by atoms with E-state index in [1.807, 2.05) is 0 Å². The lowest BCUT2D eigenvalue weighted by Crippen LogP contribution is -2.48. The number of hydrogen-bond donors (Lipinski definition) is 2. The highest BCUT2D eigenvalue weighted by Gasteiger charge is 2.35. The summed E-state index contributed by atoms with van der Waals surface area (Å²) in [6.07, 6.45) is -1.28. The smallest absolute Gasteiger partial charge is 0.247 e. The second-order valence-electron chi connectivity index (χ2n) is 4.53. The molecule has 1 heterocycles. The average Bonchev–Trinajstić information content (AvgIpc) is 2.86. The zero-order valence-corrected chi connectivity index (χ0v) is 11.4. The van der Waals surface area contributed by atoms with Gasteiger partial charge in [0.2, 0.25) is 5.91 Å². The molecule has 1 aromatic carbocycles. The minimum atomic E-state index is -1.43. The molecule has 1 atom stereocenters. The summed E-state index contributed by atoms with van der Waals surface area (Å²) in [6, 6.07) is 5.81. The molecule has 0 aliphatic carbocycles. The lowest BCUT2D eigenvalue weighted by molar-refractivity contribution is -0.265. The van der Waals surface area contributed by atoms with Gasteiger partial charge in [-0.2, -0.15) is 0 Å². The van der Waals surface area contributed by atoms with Crippen molar-refractivity contribution in [1.82, 2.24) is 4.90 Å². The quantitative estimate of drug-likeness (QED) is 0.581. The van der Waals surface area contributed by atoms with E-state index in [2.05, 4.69) is 15.3 Å². The Hall–Kier alpha value is -2.77. The number of carboxylic acid groups (broad SMARTS) is 1. The molecule has 1 aliphatic heterocycles. The first kappa shape index (κ1) is 14.6. The zero-order valence-electron chi connectivity index (χ0n) is 11.4. The molecule has 0 aromatic heterocycles. The third-order valence-corrected chi connectivity index (χ3v) is 3.13. The van der Waals surface area contributed by atoms with Gasteiger partial charge in [-0.3, -0.25) is 4.79 Å². The summed E-state index contributed by atoms with van der Waals surface area (Å²) in [7, 11) is 1.36. The van der Waals surface area contributed by atoms with Gasteiger partial charge in [0.25, 0.3) is 0 Å². The summed E-state index contributed by atoms with van der Waals surface area (Å²) in [5.74, 6) is -0.488. The van der Waals surface area contributed by atoms with Crippen LogP contribution < -0.4 is 16.2 Å². The van der Waals surface area contributed by atoms with E-state index in [0.717, 1.165) is 4.90 Å². The Labute approximate surface area is 121 Å². The highest BCUT2D eigenvalue weighted by molar-refractivity contribution is 6.05. The van der Waals surface area contributed by atoms with E-state index in [-0.39, 0.29) is 13.0 Å². The van der Waals surface area contributed by atoms with E-state index in [1.165, 1.54) is 7.11 Å². The molecule has 0 bridgehead atoms. The minimum absolute atomic E-state index is 0.0153. The molecule has 1 aliphatic rings. The van der Waals surface area contributed by atoms with Gasteiger partial charge in [0.05, 0.1) is 23.6 Å². The number of nitrogens with zero attached hydrogens (tertiary/aromatic N) is 2. The maximum absolute atomic E-state index is 12.2. The number of benzene rings is 1. The summed E-state index contributed by atoms with van der Waals surface area (Å²) < 4.78 is 0. The van der Waals surface area contributed by atoms with Crippen LogP contribution in [-0.2, 0) is 9.63 Å². The number of hydrogen-bond acceptors (Lipinski definition) is 6. The Morgan fingerprint density at radius 1 is 1.48 bits per heavy atom. The third kappa shape index (κ3) is 3.22. The van der Waals surface area contributed by atoms with Crippen molar-refractivity contribution in [1.29, 1.82) is 0 Å². The Kier molecular flexibility index (Phi) is 4.27. The van der Waals surface area contributed by atoms with Gasteiger partial charge in [0.15, 0.2) is 0 Å². The third-order valence-electron chi connectivity index (χ3n) is 3.13. The molecule has 0 spiro atoms. The number of nitrogens with two attached hydrogens (primary N) is 1. The predicted octanol–water partition coefficient (Wildman–Crippen LogP) is -0.373. The van der Waals surface area contributed by atoms with Crippen molar-refractivity contribution in [2.24, 2.45) is 5.16 Å². The van der Waals surface area contributed by atoms with Crippen LogP contribution >= 0.6 is 0 Å². The van der Waals surface area contributed by atoms with E-state index in [1.54, 1.807) is 24.3 Å². The van der Waals surface area contributed by atoms with Gasteiger partial charge < -0.3 is 30.7 Å². The molecule has 8 heteroatoms. The molecule has 21 heavy (non-hydrogen) atoms. The highest BCUT2D eigenvalue weighted by Crippen LogP contribution is 2.21. The number of nitrogens with one attached hydrogen (secondary N) is 1. The Balaban J connectivity index is 2.15. The van der Waals surface area contributed by atoms with Crippen molar-refractivity contribution in [3.63, 3.8) is 0 Å². The number of carbonyl (C=O) groups is 2. The molecule has 1 saturated heterocycles. The first-order valence-corrected chi connectivity index (χ1v) is 6.24. The predicted molar refractivity (Wildman–Crippen MR) is 74.4 cm³/mol. The Morgan fingerprint density at radius 2 is 2.19 bits per heavy atom. The van der Waals surface area contributed by atoms with Crippen LogP contribution in [0, 0.1) is 0 Å². The second-order valence-corrected chi connectivity index (χ2v) is 4.53. The van der Waals surface area contributed by atoms with Crippen LogP contribution in [0.2, 0.25) is 0 Å². The maximum Gasteiger partial charge on any atom is 0.247 e. The van der Waals surface area contributed by atoms with Crippen molar-refractivity contribution in [3.8, 4) is 0 Å². The minimum Gasteiger partial charge on any atom is -0.530 e. The molecule has 0 saturated carbocycles. The summed E-state index contributed by atoms with van der Waals surface area (Å²) in [5, 5.41) is 17.4. The first-order chi connectivity index (χ1) is 10.0. The van der Waals surface area contributed by atoms with E-state index in [0.29, 0.717) is 17.1 Å². The average molecular weight is 291 g/mol. The fourth-order valence-corrected chi connectivity index (χ4v) is 2.15. The van der Waals surface area contributed by atoms with Gasteiger partial charge in [-0.1, -0.05) is 17.3 Å². The lowest BCUT2D eigenvalue weighted by Gasteiger charge is -2.25. The largest absolute Gasteiger partial charge is 0.530 e. The zero-order chi connectivity index (χ0) is 15.4. The number of carbonyl (C=O) groups excluding carboxylic acids is 2. The van der Waals surface area contributed by atoms with Crippen LogP contribution in [0.1, 0.15) is 6.42 Å². The first-order valence-electron chi connectivity index (χ1n) is 6.24. The number of nitrogen functional groups attached to an aromatic ring is 1. The summed E-state index contributed by atoms with van der Waals surface area (Å²) in [5.41, 5.74) is 7.02. The van der Waals surface area contributed by atoms with Crippen molar-refractivity contribution < 1.29 is 19.5 Å². The number of para-hydroxylation sites is 2. The fraction of sp³-hybridized carbons (Fsp3) is 0.308. The standard InChI is InChI=1S/C13H16N4O4/c1-21-16-8-6-11(17(7-8)13(19)20)12(18)15-10-5-3-2-4-9(10)14/h2-5,11H,6-7,14H2,1H3,(H,15,18)(H,19,20)/p-1/b16-8+. The summed E-state index contributed by atoms with van der Waals surface area (Å²) in [4.78, 5) is 28.9.